The van der Waals surface area contributed by atoms with E-state index < -0.39 is 46.5 Å². The minimum Gasteiger partial charge on any atom is -0.478 e. The highest BCUT2D eigenvalue weighted by molar-refractivity contribution is 6.02. The molecule has 20 heavy (non-hydrogen) atoms. The average Bonchev–Trinajstić information content (AvgIpc) is 2.24. The van der Waals surface area contributed by atoms with E-state index in [4.69, 9.17) is 10.2 Å². The van der Waals surface area contributed by atoms with Crippen molar-refractivity contribution in [1.29, 1.82) is 0 Å². The molecule has 1 aromatic carbocycles. The van der Waals surface area contributed by atoms with Gasteiger partial charge in [-0.05, 0) is 12.1 Å². The molecule has 1 rings (SSSR count). The van der Waals surface area contributed by atoms with Crippen LogP contribution in [0.15, 0.2) is 12.1 Å². The van der Waals surface area contributed by atoms with Crippen molar-refractivity contribution in [1.82, 2.24) is 0 Å². The first-order chi connectivity index (χ1) is 8.85. The lowest BCUT2D eigenvalue weighted by atomic mass is 9.97. The van der Waals surface area contributed by atoms with Crippen LogP contribution in [0.3, 0.4) is 0 Å². The molecule has 0 aliphatic heterocycles. The number of rotatable bonds is 2. The van der Waals surface area contributed by atoms with Gasteiger partial charge in [0.25, 0.3) is 0 Å². The smallest absolute Gasteiger partial charge is 0.417 e. The second-order valence-corrected chi connectivity index (χ2v) is 3.55. The van der Waals surface area contributed by atoms with Gasteiger partial charge in [-0.1, -0.05) is 0 Å². The van der Waals surface area contributed by atoms with Crippen LogP contribution in [0.25, 0.3) is 0 Å². The molecule has 0 aromatic heterocycles. The molecule has 0 fully saturated rings. The van der Waals surface area contributed by atoms with Crippen molar-refractivity contribution in [3.63, 3.8) is 0 Å². The third-order valence-corrected chi connectivity index (χ3v) is 2.23. The summed E-state index contributed by atoms with van der Waals surface area (Å²) >= 11 is 0. The van der Waals surface area contributed by atoms with Crippen LogP contribution in [0.2, 0.25) is 0 Å². The zero-order valence-corrected chi connectivity index (χ0v) is 9.13. The van der Waals surface area contributed by atoms with Crippen molar-refractivity contribution >= 4 is 11.9 Å². The van der Waals surface area contributed by atoms with Crippen LogP contribution in [-0.4, -0.2) is 22.2 Å². The van der Waals surface area contributed by atoms with Crippen LogP contribution in [0.5, 0.6) is 0 Å². The Labute approximate surface area is 106 Å². The number of carboxylic acids is 2. The molecule has 0 aliphatic rings. The molecule has 0 heterocycles. The van der Waals surface area contributed by atoms with Gasteiger partial charge in [-0.15, -0.1) is 0 Å². The summed E-state index contributed by atoms with van der Waals surface area (Å²) in [5.74, 6) is -4.16. The number of alkyl halides is 6. The molecular formula is C10H4F6O4. The molecule has 10 heteroatoms. The Hall–Kier alpha value is -2.26. The molecule has 0 atom stereocenters. The quantitative estimate of drug-likeness (QED) is 0.823. The molecule has 0 saturated carbocycles. The highest BCUT2D eigenvalue weighted by atomic mass is 19.4. The average molecular weight is 302 g/mol. The molecule has 0 spiro atoms. The fourth-order valence-corrected chi connectivity index (χ4v) is 1.42. The van der Waals surface area contributed by atoms with E-state index in [1.54, 1.807) is 0 Å². The van der Waals surface area contributed by atoms with Crippen molar-refractivity contribution in [2.45, 2.75) is 12.4 Å². The fraction of sp³-hybridized carbons (Fsp3) is 0.200. The molecular weight excluding hydrogens is 298 g/mol. The zero-order valence-electron chi connectivity index (χ0n) is 9.13. The van der Waals surface area contributed by atoms with Gasteiger partial charge in [-0.2, -0.15) is 26.3 Å². The van der Waals surface area contributed by atoms with Gasteiger partial charge in [0.1, 0.15) is 0 Å². The van der Waals surface area contributed by atoms with Gasteiger partial charge in [0.2, 0.25) is 0 Å². The monoisotopic (exact) mass is 302 g/mol. The fourth-order valence-electron chi connectivity index (χ4n) is 1.42. The maximum Gasteiger partial charge on any atom is 0.417 e. The third-order valence-electron chi connectivity index (χ3n) is 2.23. The standard InChI is InChI=1S/C10H4F6O4/c11-9(12,13)5-1-3(7(17)18)4(8(19)20)2-6(5)10(14,15)16/h1-2H,(H,17,18)(H,19,20). The number of hydrogen-bond donors (Lipinski definition) is 2. The molecule has 0 bridgehead atoms. The first-order valence-corrected chi connectivity index (χ1v) is 4.64. The summed E-state index contributed by atoms with van der Waals surface area (Å²) in [4.78, 5) is 21.3. The number of aromatic carboxylic acids is 2. The Morgan fingerprint density at radius 1 is 0.750 bits per heavy atom. The molecule has 4 nitrogen and oxygen atoms in total. The number of benzene rings is 1. The number of carboxylic acid groups (broad SMARTS) is 2. The summed E-state index contributed by atoms with van der Waals surface area (Å²) in [5, 5.41) is 17.2. The van der Waals surface area contributed by atoms with Gasteiger partial charge >= 0.3 is 24.3 Å². The lowest BCUT2D eigenvalue weighted by Gasteiger charge is -2.17. The van der Waals surface area contributed by atoms with Crippen LogP contribution in [-0.2, 0) is 12.4 Å². The Morgan fingerprint density at radius 2 is 1.00 bits per heavy atom. The lowest BCUT2D eigenvalue weighted by Crippen LogP contribution is -2.20. The van der Waals surface area contributed by atoms with E-state index in [1.807, 2.05) is 0 Å². The number of halogens is 6. The zero-order chi connectivity index (χ0) is 15.9. The summed E-state index contributed by atoms with van der Waals surface area (Å²) < 4.78 is 75.1. The van der Waals surface area contributed by atoms with Crippen LogP contribution >= 0.6 is 0 Å². The van der Waals surface area contributed by atoms with Gasteiger partial charge in [-0.3, -0.25) is 0 Å². The van der Waals surface area contributed by atoms with E-state index in [0.717, 1.165) is 0 Å². The van der Waals surface area contributed by atoms with Crippen molar-refractivity contribution in [3.05, 3.63) is 34.4 Å². The van der Waals surface area contributed by atoms with Gasteiger partial charge in [-0.25, -0.2) is 9.59 Å². The summed E-state index contributed by atoms with van der Waals surface area (Å²) in [6.45, 7) is 0. The third kappa shape index (κ3) is 3.00. The molecule has 1 aromatic rings. The SMILES string of the molecule is O=C(O)c1cc(C(F)(F)F)c(C(F)(F)F)cc1C(=O)O. The topological polar surface area (TPSA) is 74.6 Å². The largest absolute Gasteiger partial charge is 0.478 e. The van der Waals surface area contributed by atoms with Gasteiger partial charge in [0, 0.05) is 0 Å². The second kappa shape index (κ2) is 4.69. The molecule has 2 N–H and O–H groups in total. The highest BCUT2D eigenvalue weighted by Gasteiger charge is 2.44. The van der Waals surface area contributed by atoms with E-state index in [2.05, 4.69) is 0 Å². The van der Waals surface area contributed by atoms with Crippen LogP contribution in [0.4, 0.5) is 26.3 Å². The Balaban J connectivity index is 3.80. The molecule has 0 radical (unpaired) electrons. The maximum atomic E-state index is 12.5. The van der Waals surface area contributed by atoms with Crippen molar-refractivity contribution < 1.29 is 46.1 Å². The van der Waals surface area contributed by atoms with Gasteiger partial charge < -0.3 is 10.2 Å². The minimum absolute atomic E-state index is 0.339. The molecule has 110 valence electrons. The predicted octanol–water partition coefficient (Wildman–Crippen LogP) is 3.12. The molecule has 0 unspecified atom stereocenters. The summed E-state index contributed by atoms with van der Waals surface area (Å²) in [5.41, 5.74) is -7.27. The first-order valence-electron chi connectivity index (χ1n) is 4.64. The summed E-state index contributed by atoms with van der Waals surface area (Å²) in [7, 11) is 0. The van der Waals surface area contributed by atoms with Crippen LogP contribution in [0.1, 0.15) is 31.8 Å². The molecule has 0 amide bonds. The predicted molar refractivity (Wildman–Crippen MR) is 50.4 cm³/mol. The van der Waals surface area contributed by atoms with Crippen LogP contribution < -0.4 is 0 Å². The van der Waals surface area contributed by atoms with E-state index >= 15 is 0 Å². The van der Waals surface area contributed by atoms with Gasteiger partial charge in [0.15, 0.2) is 0 Å². The Bertz CT molecular complexity index is 521. The number of carbonyl (C=O) groups is 2. The maximum absolute atomic E-state index is 12.5. The Kier molecular flexibility index (Phi) is 3.70. The van der Waals surface area contributed by atoms with E-state index in [9.17, 15) is 35.9 Å². The minimum atomic E-state index is -5.48. The van der Waals surface area contributed by atoms with E-state index in [-0.39, 0.29) is 12.1 Å². The normalized spacial score (nSPS) is 12.3. The van der Waals surface area contributed by atoms with Crippen molar-refractivity contribution in [2.75, 3.05) is 0 Å². The van der Waals surface area contributed by atoms with Crippen molar-refractivity contribution in [2.24, 2.45) is 0 Å². The lowest BCUT2D eigenvalue weighted by molar-refractivity contribution is -0.162. The molecule has 0 aliphatic carbocycles. The Morgan fingerprint density at radius 3 is 1.15 bits per heavy atom. The van der Waals surface area contributed by atoms with Gasteiger partial charge in [0.05, 0.1) is 22.3 Å². The highest BCUT2D eigenvalue weighted by Crippen LogP contribution is 2.41. The summed E-state index contributed by atoms with van der Waals surface area (Å²) in [6.07, 6.45) is -11.0. The number of hydrogen-bond acceptors (Lipinski definition) is 2. The molecule has 0 saturated heterocycles. The first kappa shape index (κ1) is 15.8. The van der Waals surface area contributed by atoms with E-state index in [1.165, 1.54) is 0 Å². The van der Waals surface area contributed by atoms with E-state index in [0.29, 0.717) is 0 Å². The second-order valence-electron chi connectivity index (χ2n) is 3.55. The van der Waals surface area contributed by atoms with Crippen molar-refractivity contribution in [3.8, 4) is 0 Å². The summed E-state index contributed by atoms with van der Waals surface area (Å²) in [6, 6.07) is -0.677. The van der Waals surface area contributed by atoms with Crippen LogP contribution in [0, 0.1) is 0 Å².